The lowest BCUT2D eigenvalue weighted by Gasteiger charge is -2.18. The van der Waals surface area contributed by atoms with E-state index in [2.05, 4.69) is 5.32 Å². The van der Waals surface area contributed by atoms with Gasteiger partial charge in [-0.25, -0.2) is 4.90 Å². The van der Waals surface area contributed by atoms with Crippen molar-refractivity contribution in [2.45, 2.75) is 13.8 Å². The summed E-state index contributed by atoms with van der Waals surface area (Å²) in [5.74, 6) is -0.241. The van der Waals surface area contributed by atoms with E-state index in [1.807, 2.05) is 68.4 Å². The molecule has 2 amide bonds. The van der Waals surface area contributed by atoms with Crippen LogP contribution in [0.3, 0.4) is 0 Å². The maximum atomic E-state index is 13.6. The highest BCUT2D eigenvalue weighted by atomic mass is 16.5. The number of para-hydroxylation sites is 2. The third-order valence-electron chi connectivity index (χ3n) is 5.10. The molecule has 3 aromatic rings. The molecule has 4 rings (SSSR count). The molecule has 1 N–H and O–H groups in total. The predicted octanol–water partition coefficient (Wildman–Crippen LogP) is 4.71. The van der Waals surface area contributed by atoms with Gasteiger partial charge in [-0.2, -0.15) is 0 Å². The monoisotopic (exact) mass is 398 g/mol. The van der Waals surface area contributed by atoms with E-state index in [0.29, 0.717) is 22.6 Å². The van der Waals surface area contributed by atoms with Crippen molar-refractivity contribution < 1.29 is 14.3 Å². The zero-order valence-electron chi connectivity index (χ0n) is 17.1. The van der Waals surface area contributed by atoms with Gasteiger partial charge in [0, 0.05) is 11.3 Å². The van der Waals surface area contributed by atoms with Crippen LogP contribution in [-0.2, 0) is 9.59 Å². The van der Waals surface area contributed by atoms with Gasteiger partial charge in [0.15, 0.2) is 0 Å². The number of rotatable bonds is 5. The van der Waals surface area contributed by atoms with Crippen LogP contribution in [0, 0.1) is 13.8 Å². The Labute approximate surface area is 175 Å². The van der Waals surface area contributed by atoms with Gasteiger partial charge in [0.1, 0.15) is 11.4 Å². The average molecular weight is 398 g/mol. The summed E-state index contributed by atoms with van der Waals surface area (Å²) < 4.78 is 5.48. The van der Waals surface area contributed by atoms with Crippen LogP contribution in [0.15, 0.2) is 78.5 Å². The van der Waals surface area contributed by atoms with Crippen molar-refractivity contribution in [3.8, 4) is 5.75 Å². The minimum atomic E-state index is -0.392. The molecule has 0 atom stereocenters. The molecule has 0 radical (unpaired) electrons. The molecule has 5 heteroatoms. The largest absolute Gasteiger partial charge is 0.496 e. The highest BCUT2D eigenvalue weighted by Crippen LogP contribution is 2.38. The summed E-state index contributed by atoms with van der Waals surface area (Å²) in [7, 11) is 1.55. The Kier molecular flexibility index (Phi) is 5.11. The summed E-state index contributed by atoms with van der Waals surface area (Å²) in [4.78, 5) is 28.3. The van der Waals surface area contributed by atoms with Gasteiger partial charge in [-0.3, -0.25) is 9.59 Å². The number of nitrogens with one attached hydrogen (secondary N) is 1. The van der Waals surface area contributed by atoms with E-state index in [9.17, 15) is 9.59 Å². The normalized spacial score (nSPS) is 13.8. The van der Waals surface area contributed by atoms with E-state index < -0.39 is 5.91 Å². The van der Waals surface area contributed by atoms with Gasteiger partial charge in [0.25, 0.3) is 11.8 Å². The molecule has 1 aliphatic rings. The lowest BCUT2D eigenvalue weighted by Crippen LogP contribution is -2.33. The second-order valence-corrected chi connectivity index (χ2v) is 7.18. The number of anilines is 2. The number of carbonyl (C=O) groups is 2. The molecule has 0 fully saturated rings. The highest BCUT2D eigenvalue weighted by Gasteiger charge is 2.41. The predicted molar refractivity (Wildman–Crippen MR) is 118 cm³/mol. The molecule has 0 saturated carbocycles. The number of methoxy groups -OCH3 is 1. The first-order valence-corrected chi connectivity index (χ1v) is 9.67. The van der Waals surface area contributed by atoms with Crippen molar-refractivity contribution in [3.63, 3.8) is 0 Å². The molecule has 150 valence electrons. The quantitative estimate of drug-likeness (QED) is 0.633. The minimum Gasteiger partial charge on any atom is -0.496 e. The van der Waals surface area contributed by atoms with Gasteiger partial charge in [-0.1, -0.05) is 48.5 Å². The van der Waals surface area contributed by atoms with Gasteiger partial charge < -0.3 is 10.1 Å². The molecule has 0 bridgehead atoms. The van der Waals surface area contributed by atoms with Crippen molar-refractivity contribution >= 4 is 28.8 Å². The summed E-state index contributed by atoms with van der Waals surface area (Å²) in [5, 5.41) is 3.19. The summed E-state index contributed by atoms with van der Waals surface area (Å²) in [6.07, 6.45) is 0. The van der Waals surface area contributed by atoms with Crippen molar-refractivity contribution in [1.29, 1.82) is 0 Å². The fourth-order valence-corrected chi connectivity index (χ4v) is 3.65. The van der Waals surface area contributed by atoms with Gasteiger partial charge in [-0.15, -0.1) is 0 Å². The minimum absolute atomic E-state index is 0.235. The third kappa shape index (κ3) is 3.35. The molecule has 3 aromatic carbocycles. The summed E-state index contributed by atoms with van der Waals surface area (Å²) in [5.41, 5.74) is 4.30. The van der Waals surface area contributed by atoms with Crippen LogP contribution in [0.5, 0.6) is 5.75 Å². The number of carbonyl (C=O) groups excluding carboxylic acids is 2. The molecule has 30 heavy (non-hydrogen) atoms. The number of hydrogen-bond acceptors (Lipinski definition) is 4. The second-order valence-electron chi connectivity index (χ2n) is 7.18. The molecule has 0 unspecified atom stereocenters. The topological polar surface area (TPSA) is 58.6 Å². The molecule has 0 aliphatic carbocycles. The van der Waals surface area contributed by atoms with Crippen molar-refractivity contribution in [2.75, 3.05) is 17.3 Å². The zero-order chi connectivity index (χ0) is 21.3. The van der Waals surface area contributed by atoms with E-state index in [1.165, 1.54) is 4.90 Å². The Hall–Kier alpha value is -3.86. The van der Waals surface area contributed by atoms with E-state index in [0.717, 1.165) is 16.8 Å². The average Bonchev–Trinajstić information content (AvgIpc) is 2.98. The van der Waals surface area contributed by atoms with E-state index in [1.54, 1.807) is 25.3 Å². The number of imide groups is 1. The fraction of sp³-hybridized carbons (Fsp3) is 0.120. The number of hydrogen-bond donors (Lipinski definition) is 1. The van der Waals surface area contributed by atoms with Crippen LogP contribution in [-0.4, -0.2) is 18.9 Å². The molecule has 0 aromatic heterocycles. The van der Waals surface area contributed by atoms with Crippen LogP contribution in [0.2, 0.25) is 0 Å². The van der Waals surface area contributed by atoms with Gasteiger partial charge in [-0.05, 0) is 49.2 Å². The Morgan fingerprint density at radius 2 is 1.57 bits per heavy atom. The first-order chi connectivity index (χ1) is 14.5. The van der Waals surface area contributed by atoms with Crippen molar-refractivity contribution in [3.05, 3.63) is 95.2 Å². The molecule has 5 nitrogen and oxygen atoms in total. The fourth-order valence-electron chi connectivity index (χ4n) is 3.65. The Morgan fingerprint density at radius 1 is 0.833 bits per heavy atom. The van der Waals surface area contributed by atoms with Gasteiger partial charge in [0.2, 0.25) is 0 Å². The van der Waals surface area contributed by atoms with Crippen LogP contribution < -0.4 is 15.0 Å². The first kappa shape index (κ1) is 19.5. The summed E-state index contributed by atoms with van der Waals surface area (Å²) in [6, 6.07) is 22.3. The van der Waals surface area contributed by atoms with Crippen LogP contribution in [0.25, 0.3) is 5.57 Å². The van der Waals surface area contributed by atoms with E-state index in [4.69, 9.17) is 4.74 Å². The van der Waals surface area contributed by atoms with Crippen molar-refractivity contribution in [1.82, 2.24) is 0 Å². The maximum Gasteiger partial charge on any atom is 0.282 e. The molecular weight excluding hydrogens is 376 g/mol. The second kappa shape index (κ2) is 7.87. The Balaban J connectivity index is 1.89. The van der Waals surface area contributed by atoms with Crippen LogP contribution >= 0.6 is 0 Å². The summed E-state index contributed by atoms with van der Waals surface area (Å²) in [6.45, 7) is 3.85. The summed E-state index contributed by atoms with van der Waals surface area (Å²) >= 11 is 0. The van der Waals surface area contributed by atoms with E-state index in [-0.39, 0.29) is 11.6 Å². The maximum absolute atomic E-state index is 13.6. The molecule has 1 aliphatic heterocycles. The number of benzene rings is 3. The molecule has 0 spiro atoms. The first-order valence-electron chi connectivity index (χ1n) is 9.67. The van der Waals surface area contributed by atoms with Crippen LogP contribution in [0.4, 0.5) is 11.4 Å². The zero-order valence-corrected chi connectivity index (χ0v) is 17.1. The van der Waals surface area contributed by atoms with E-state index >= 15 is 0 Å². The van der Waals surface area contributed by atoms with Crippen LogP contribution in [0.1, 0.15) is 16.7 Å². The van der Waals surface area contributed by atoms with Gasteiger partial charge >= 0.3 is 0 Å². The Bertz CT molecular complexity index is 1180. The number of aryl methyl sites for hydroxylation is 2. The smallest absolute Gasteiger partial charge is 0.282 e. The van der Waals surface area contributed by atoms with Gasteiger partial charge in [0.05, 0.1) is 18.4 Å². The molecule has 0 saturated heterocycles. The number of amides is 2. The lowest BCUT2D eigenvalue weighted by molar-refractivity contribution is -0.120. The third-order valence-corrected chi connectivity index (χ3v) is 5.10. The number of ether oxygens (including phenoxy) is 1. The number of nitrogens with zero attached hydrogens (tertiary/aromatic N) is 1. The van der Waals surface area contributed by atoms with Crippen molar-refractivity contribution in [2.24, 2.45) is 0 Å². The lowest BCUT2D eigenvalue weighted by atomic mass is 10.0. The SMILES string of the molecule is COc1ccccc1C1=C(Nc2cccc(C)c2)C(=O)N(c2ccccc2C)C1=O. The standard InChI is InChI=1S/C25H22N2O3/c1-16-9-8-11-18(15-16)26-23-22(19-12-5-7-14-21(19)30-3)24(28)27(25(23)29)20-13-6-4-10-17(20)2/h4-15,26H,1-3H3. The molecule has 1 heterocycles. The Morgan fingerprint density at radius 3 is 2.30 bits per heavy atom. The highest BCUT2D eigenvalue weighted by molar-refractivity contribution is 6.46. The molecular formula is C25H22N2O3.